The molecular formula is C7H18P2. The van der Waals surface area contributed by atoms with Gasteiger partial charge in [-0.3, -0.25) is 0 Å². The van der Waals surface area contributed by atoms with Gasteiger partial charge in [0, 0.05) is 0 Å². The molecular weight excluding hydrogens is 146 g/mol. The zero-order chi connectivity index (χ0) is 7.49. The van der Waals surface area contributed by atoms with E-state index in [0.29, 0.717) is 5.41 Å². The molecule has 0 rings (SSSR count). The summed E-state index contributed by atoms with van der Waals surface area (Å²) in [6.45, 7) is 6.90. The molecule has 0 nitrogen and oxygen atoms in total. The third kappa shape index (κ3) is 2.52. The van der Waals surface area contributed by atoms with Gasteiger partial charge in [0.15, 0.2) is 0 Å². The Bertz CT molecular complexity index is 75.0. The summed E-state index contributed by atoms with van der Waals surface area (Å²) in [7, 11) is 5.65. The highest BCUT2D eigenvalue weighted by molar-refractivity contribution is 7.17. The highest BCUT2D eigenvalue weighted by Crippen LogP contribution is 2.30. The molecule has 2 heteroatoms. The van der Waals surface area contributed by atoms with E-state index in [9.17, 15) is 0 Å². The highest BCUT2D eigenvalue weighted by Gasteiger charge is 2.23. The van der Waals surface area contributed by atoms with Crippen LogP contribution in [0.5, 0.6) is 0 Å². The summed E-state index contributed by atoms with van der Waals surface area (Å²) < 4.78 is 0. The fourth-order valence-corrected chi connectivity index (χ4v) is 2.16. The monoisotopic (exact) mass is 164 g/mol. The van der Waals surface area contributed by atoms with Gasteiger partial charge in [-0.1, -0.05) is 20.8 Å². The van der Waals surface area contributed by atoms with E-state index >= 15 is 0 Å². The molecule has 0 spiro atoms. The molecule has 0 bridgehead atoms. The second kappa shape index (κ2) is 3.89. The van der Waals surface area contributed by atoms with E-state index in [0.717, 1.165) is 5.92 Å². The first kappa shape index (κ1) is 9.86. The van der Waals surface area contributed by atoms with Crippen LogP contribution in [0.4, 0.5) is 0 Å². The molecule has 9 heavy (non-hydrogen) atoms. The Balaban J connectivity index is 3.92. The molecule has 2 atom stereocenters. The summed E-state index contributed by atoms with van der Waals surface area (Å²) in [5.74, 6) is 0.785. The summed E-state index contributed by atoms with van der Waals surface area (Å²) in [5.41, 5.74) is 0.509. The molecule has 0 saturated heterocycles. The molecule has 0 aromatic heterocycles. The Morgan fingerprint density at radius 2 is 1.56 bits per heavy atom. The number of hydrogen-bond donors (Lipinski definition) is 0. The van der Waals surface area contributed by atoms with Crippen molar-refractivity contribution in [2.24, 2.45) is 11.3 Å². The van der Waals surface area contributed by atoms with E-state index in [1.165, 1.54) is 12.3 Å². The predicted molar refractivity (Wildman–Crippen MR) is 52.1 cm³/mol. The van der Waals surface area contributed by atoms with Gasteiger partial charge in [-0.05, 0) is 23.7 Å². The molecule has 0 aromatic rings. The van der Waals surface area contributed by atoms with Crippen LogP contribution in [0.2, 0.25) is 0 Å². The Morgan fingerprint density at radius 1 is 1.22 bits per heavy atom. The third-order valence-corrected chi connectivity index (χ3v) is 4.19. The van der Waals surface area contributed by atoms with Crippen LogP contribution in [0.25, 0.3) is 0 Å². The SMILES string of the molecule is CC(C)C(C)(CP)CP. The van der Waals surface area contributed by atoms with Crippen LogP contribution in [0.1, 0.15) is 20.8 Å². The van der Waals surface area contributed by atoms with Crippen LogP contribution in [-0.4, -0.2) is 12.3 Å². The van der Waals surface area contributed by atoms with Crippen LogP contribution in [0, 0.1) is 11.3 Å². The van der Waals surface area contributed by atoms with Crippen molar-refractivity contribution in [3.63, 3.8) is 0 Å². The molecule has 56 valence electrons. The lowest BCUT2D eigenvalue weighted by molar-refractivity contribution is 0.299. The normalized spacial score (nSPS) is 12.7. The Kier molecular flexibility index (Phi) is 4.26. The summed E-state index contributed by atoms with van der Waals surface area (Å²) in [4.78, 5) is 0. The number of hydrogen-bond acceptors (Lipinski definition) is 0. The van der Waals surface area contributed by atoms with Gasteiger partial charge in [0.2, 0.25) is 0 Å². The van der Waals surface area contributed by atoms with Crippen LogP contribution in [0.15, 0.2) is 0 Å². The predicted octanol–water partition coefficient (Wildman–Crippen LogP) is 2.40. The number of rotatable bonds is 3. The second-order valence-corrected chi connectivity index (χ2v) is 4.03. The minimum Gasteiger partial charge on any atom is -0.137 e. The van der Waals surface area contributed by atoms with E-state index in [-0.39, 0.29) is 0 Å². The molecule has 2 unspecified atom stereocenters. The van der Waals surface area contributed by atoms with Crippen LogP contribution < -0.4 is 0 Å². The quantitative estimate of drug-likeness (QED) is 0.562. The minimum atomic E-state index is 0.509. The van der Waals surface area contributed by atoms with Crippen LogP contribution >= 0.6 is 18.5 Å². The maximum Gasteiger partial charge on any atom is -0.0234 e. The topological polar surface area (TPSA) is 0 Å². The van der Waals surface area contributed by atoms with Gasteiger partial charge in [0.05, 0.1) is 0 Å². The van der Waals surface area contributed by atoms with Gasteiger partial charge in [-0.25, -0.2) is 0 Å². The van der Waals surface area contributed by atoms with Crippen LogP contribution in [-0.2, 0) is 0 Å². The lowest BCUT2D eigenvalue weighted by atomic mass is 9.83. The van der Waals surface area contributed by atoms with Gasteiger partial charge in [0.1, 0.15) is 0 Å². The van der Waals surface area contributed by atoms with E-state index in [1.807, 2.05) is 0 Å². The largest absolute Gasteiger partial charge is 0.137 e. The second-order valence-electron chi connectivity index (χ2n) is 3.22. The Hall–Kier alpha value is 0.860. The van der Waals surface area contributed by atoms with Crippen molar-refractivity contribution < 1.29 is 0 Å². The van der Waals surface area contributed by atoms with Crippen molar-refractivity contribution in [1.29, 1.82) is 0 Å². The standard InChI is InChI=1S/C7H18P2/c1-6(2)7(3,4-8)5-9/h6H,4-5,8-9H2,1-3H3. The third-order valence-electron chi connectivity index (χ3n) is 2.33. The molecule has 0 radical (unpaired) electrons. The maximum atomic E-state index is 2.82. The summed E-state index contributed by atoms with van der Waals surface area (Å²) >= 11 is 0. The molecule has 0 aliphatic rings. The van der Waals surface area contributed by atoms with Crippen LogP contribution in [0.3, 0.4) is 0 Å². The Morgan fingerprint density at radius 3 is 1.56 bits per heavy atom. The summed E-state index contributed by atoms with van der Waals surface area (Å²) in [6, 6.07) is 0. The van der Waals surface area contributed by atoms with Crippen molar-refractivity contribution in [1.82, 2.24) is 0 Å². The Labute approximate surface area is 63.6 Å². The molecule has 0 aliphatic heterocycles. The first-order chi connectivity index (χ1) is 4.06. The van der Waals surface area contributed by atoms with Gasteiger partial charge < -0.3 is 0 Å². The van der Waals surface area contributed by atoms with Gasteiger partial charge in [-0.15, -0.1) is 18.5 Å². The van der Waals surface area contributed by atoms with E-state index in [1.54, 1.807) is 0 Å². The van der Waals surface area contributed by atoms with Crippen molar-refractivity contribution in [3.05, 3.63) is 0 Å². The van der Waals surface area contributed by atoms with Crippen molar-refractivity contribution >= 4 is 18.5 Å². The molecule has 0 amide bonds. The van der Waals surface area contributed by atoms with E-state index in [2.05, 4.69) is 39.3 Å². The lowest BCUT2D eigenvalue weighted by Crippen LogP contribution is -2.26. The molecule has 0 aliphatic carbocycles. The molecule has 0 N–H and O–H groups in total. The van der Waals surface area contributed by atoms with Gasteiger partial charge in [-0.2, -0.15) is 0 Å². The van der Waals surface area contributed by atoms with E-state index in [4.69, 9.17) is 0 Å². The molecule has 0 aromatic carbocycles. The molecule has 0 heterocycles. The maximum absolute atomic E-state index is 2.82. The zero-order valence-electron chi connectivity index (χ0n) is 6.65. The first-order valence-corrected chi connectivity index (χ1v) is 5.10. The van der Waals surface area contributed by atoms with Gasteiger partial charge >= 0.3 is 0 Å². The molecule has 0 saturated carbocycles. The first-order valence-electron chi connectivity index (χ1n) is 3.47. The average molecular weight is 164 g/mol. The lowest BCUT2D eigenvalue weighted by Gasteiger charge is -2.30. The zero-order valence-corrected chi connectivity index (χ0v) is 8.96. The highest BCUT2D eigenvalue weighted by atomic mass is 31.0. The fourth-order valence-electron chi connectivity index (χ4n) is 0.555. The summed E-state index contributed by atoms with van der Waals surface area (Å²) in [6.07, 6.45) is 2.41. The van der Waals surface area contributed by atoms with Gasteiger partial charge in [0.25, 0.3) is 0 Å². The van der Waals surface area contributed by atoms with Crippen molar-refractivity contribution in [3.8, 4) is 0 Å². The average Bonchev–Trinajstić information content (AvgIpc) is 1.86. The van der Waals surface area contributed by atoms with E-state index < -0.39 is 0 Å². The molecule has 0 fully saturated rings. The fraction of sp³-hybridized carbons (Fsp3) is 1.00. The smallest absolute Gasteiger partial charge is 0.0234 e. The summed E-state index contributed by atoms with van der Waals surface area (Å²) in [5, 5.41) is 0. The van der Waals surface area contributed by atoms with Crippen molar-refractivity contribution in [2.45, 2.75) is 20.8 Å². The van der Waals surface area contributed by atoms with Crippen molar-refractivity contribution in [2.75, 3.05) is 12.3 Å². The minimum absolute atomic E-state index is 0.509.